The summed E-state index contributed by atoms with van der Waals surface area (Å²) in [6.45, 7) is 10.0. The summed E-state index contributed by atoms with van der Waals surface area (Å²) in [5.74, 6) is 1.67. The van der Waals surface area contributed by atoms with Gasteiger partial charge in [-0.15, -0.1) is 24.8 Å². The van der Waals surface area contributed by atoms with Crippen LogP contribution in [0.5, 0.6) is 0 Å². The van der Waals surface area contributed by atoms with Crippen LogP contribution in [0.25, 0.3) is 0 Å². The van der Waals surface area contributed by atoms with Crippen LogP contribution in [0.3, 0.4) is 0 Å². The van der Waals surface area contributed by atoms with Gasteiger partial charge in [0.25, 0.3) is 0 Å². The largest absolute Gasteiger partial charge is 0.444 e. The first-order valence-corrected chi connectivity index (χ1v) is 7.41. The molecule has 0 unspecified atom stereocenters. The molecule has 2 aliphatic rings. The van der Waals surface area contributed by atoms with Crippen LogP contribution in [0.4, 0.5) is 4.79 Å². The van der Waals surface area contributed by atoms with E-state index in [1.807, 2.05) is 20.8 Å². The first-order chi connectivity index (χ1) is 8.65. The van der Waals surface area contributed by atoms with Crippen LogP contribution in [0.2, 0.25) is 0 Å². The third-order valence-electron chi connectivity index (χ3n) is 3.50. The monoisotopic (exact) mass is 342 g/mol. The molecule has 0 atom stereocenters. The number of halogens is 2. The molecule has 2 aliphatic carbocycles. The van der Waals surface area contributed by atoms with Gasteiger partial charge in [-0.05, 0) is 58.3 Å². The van der Waals surface area contributed by atoms with Crippen molar-refractivity contribution in [1.82, 2.24) is 5.32 Å². The smallest absolute Gasteiger partial charge is 0.407 e. The van der Waals surface area contributed by atoms with Gasteiger partial charge in [-0.25, -0.2) is 4.79 Å². The van der Waals surface area contributed by atoms with E-state index in [1.54, 1.807) is 0 Å². The third kappa shape index (κ3) is 10.2. The Kier molecular flexibility index (Phi) is 10.7. The van der Waals surface area contributed by atoms with Gasteiger partial charge < -0.3 is 15.8 Å². The van der Waals surface area contributed by atoms with Gasteiger partial charge in [-0.3, -0.25) is 0 Å². The van der Waals surface area contributed by atoms with Crippen molar-refractivity contribution in [3.05, 3.63) is 0 Å². The van der Waals surface area contributed by atoms with Gasteiger partial charge in [-0.1, -0.05) is 13.8 Å². The van der Waals surface area contributed by atoms with Crippen molar-refractivity contribution in [2.45, 2.75) is 78.0 Å². The Bertz CT molecular complexity index is 291. The number of nitrogens with one attached hydrogen (secondary N) is 1. The second kappa shape index (κ2) is 9.75. The lowest BCUT2D eigenvalue weighted by molar-refractivity contribution is 0.0458. The molecule has 2 saturated carbocycles. The summed E-state index contributed by atoms with van der Waals surface area (Å²) in [5, 5.41) is 2.84. The van der Waals surface area contributed by atoms with Crippen LogP contribution in [0.15, 0.2) is 0 Å². The van der Waals surface area contributed by atoms with E-state index in [-0.39, 0.29) is 36.5 Å². The minimum absolute atomic E-state index is 0. The Morgan fingerprint density at radius 3 is 1.71 bits per heavy atom. The summed E-state index contributed by atoms with van der Waals surface area (Å²) in [7, 11) is 0. The molecule has 2 rings (SSSR count). The average molecular weight is 343 g/mol. The maximum absolute atomic E-state index is 11.2. The first-order valence-electron chi connectivity index (χ1n) is 7.41. The standard InChI is InChI=1S/C10H19NO2.C5H11N.2ClH/c1-7-5-8(6-7)11-9(12)13-10(2,3)4;1-4-2-5(6)3-4;;/h7-8H,5-6H2,1-4H3,(H,11,12);4-5H,2-3,6H2,1H3;2*1H. The molecule has 0 bridgehead atoms. The lowest BCUT2D eigenvalue weighted by Gasteiger charge is -2.33. The van der Waals surface area contributed by atoms with Crippen LogP contribution in [0.1, 0.15) is 60.3 Å². The number of nitrogens with two attached hydrogens (primary N) is 1. The number of amides is 1. The molecule has 3 N–H and O–H groups in total. The lowest BCUT2D eigenvalue weighted by atomic mass is 9.82. The number of ether oxygens (including phenoxy) is 1. The topological polar surface area (TPSA) is 64.3 Å². The molecule has 0 spiro atoms. The molecule has 0 radical (unpaired) electrons. The summed E-state index contributed by atoms with van der Waals surface area (Å²) < 4.78 is 5.13. The zero-order valence-corrected chi connectivity index (χ0v) is 15.5. The highest BCUT2D eigenvalue weighted by atomic mass is 35.5. The van der Waals surface area contributed by atoms with Gasteiger partial charge >= 0.3 is 6.09 Å². The lowest BCUT2D eigenvalue weighted by Crippen LogP contribution is -2.45. The van der Waals surface area contributed by atoms with E-state index in [0.29, 0.717) is 12.1 Å². The summed E-state index contributed by atoms with van der Waals surface area (Å²) in [4.78, 5) is 11.2. The second-order valence-corrected chi connectivity index (χ2v) is 7.26. The molecule has 4 nitrogen and oxygen atoms in total. The van der Waals surface area contributed by atoms with E-state index in [0.717, 1.165) is 24.7 Å². The zero-order valence-electron chi connectivity index (χ0n) is 13.8. The minimum Gasteiger partial charge on any atom is -0.444 e. The molecule has 0 aromatic carbocycles. The summed E-state index contributed by atoms with van der Waals surface area (Å²) >= 11 is 0. The highest BCUT2D eigenvalue weighted by molar-refractivity contribution is 5.85. The highest BCUT2D eigenvalue weighted by Gasteiger charge is 2.28. The quantitative estimate of drug-likeness (QED) is 0.759. The van der Waals surface area contributed by atoms with Crippen LogP contribution >= 0.6 is 24.8 Å². The van der Waals surface area contributed by atoms with Gasteiger partial charge in [0.2, 0.25) is 0 Å². The number of carbonyl (C=O) groups is 1. The Hall–Kier alpha value is -0.190. The van der Waals surface area contributed by atoms with E-state index in [4.69, 9.17) is 10.5 Å². The van der Waals surface area contributed by atoms with Crippen molar-refractivity contribution in [3.63, 3.8) is 0 Å². The van der Waals surface area contributed by atoms with Gasteiger partial charge in [0.15, 0.2) is 0 Å². The number of hydrogen-bond donors (Lipinski definition) is 2. The molecule has 21 heavy (non-hydrogen) atoms. The fraction of sp³-hybridized carbons (Fsp3) is 0.933. The summed E-state index contributed by atoms with van der Waals surface area (Å²) in [6, 6.07) is 0.879. The summed E-state index contributed by atoms with van der Waals surface area (Å²) in [6.07, 6.45) is 4.38. The first kappa shape index (κ1) is 23.1. The average Bonchev–Trinajstić information content (AvgIpc) is 2.11. The normalized spacial score (nSPS) is 30.0. The molecular weight excluding hydrogens is 311 g/mol. The fourth-order valence-corrected chi connectivity index (χ4v) is 2.46. The molecule has 1 amide bonds. The van der Waals surface area contributed by atoms with Crippen LogP contribution < -0.4 is 11.1 Å². The van der Waals surface area contributed by atoms with E-state index in [1.165, 1.54) is 12.8 Å². The number of rotatable bonds is 1. The van der Waals surface area contributed by atoms with E-state index in [9.17, 15) is 4.79 Å². The van der Waals surface area contributed by atoms with Crippen molar-refractivity contribution in [2.75, 3.05) is 0 Å². The summed E-state index contributed by atoms with van der Waals surface area (Å²) in [5.41, 5.74) is 5.08. The van der Waals surface area contributed by atoms with Crippen LogP contribution in [-0.2, 0) is 4.74 Å². The third-order valence-corrected chi connectivity index (χ3v) is 3.50. The zero-order chi connectivity index (χ0) is 14.6. The van der Waals surface area contributed by atoms with Crippen molar-refractivity contribution in [2.24, 2.45) is 17.6 Å². The van der Waals surface area contributed by atoms with Crippen LogP contribution in [-0.4, -0.2) is 23.8 Å². The van der Waals surface area contributed by atoms with Crippen molar-refractivity contribution in [1.29, 1.82) is 0 Å². The Balaban J connectivity index is 0. The van der Waals surface area contributed by atoms with E-state index >= 15 is 0 Å². The number of carbonyl (C=O) groups excluding carboxylic acids is 1. The fourth-order valence-electron chi connectivity index (χ4n) is 2.46. The minimum atomic E-state index is -0.389. The molecule has 0 aromatic rings. The van der Waals surface area contributed by atoms with Gasteiger partial charge in [-0.2, -0.15) is 0 Å². The number of alkyl carbamates (subject to hydrolysis) is 1. The molecule has 2 fully saturated rings. The molecule has 0 heterocycles. The van der Waals surface area contributed by atoms with E-state index in [2.05, 4.69) is 19.2 Å². The van der Waals surface area contributed by atoms with Gasteiger partial charge in [0, 0.05) is 12.1 Å². The predicted octanol–water partition coefficient (Wildman–Crippen LogP) is 3.90. The molecular formula is C15H32Cl2N2O2. The maximum Gasteiger partial charge on any atom is 0.407 e. The van der Waals surface area contributed by atoms with Gasteiger partial charge in [0.1, 0.15) is 5.60 Å². The van der Waals surface area contributed by atoms with E-state index < -0.39 is 0 Å². The number of hydrogen-bond acceptors (Lipinski definition) is 3. The molecule has 0 saturated heterocycles. The predicted molar refractivity (Wildman–Crippen MR) is 92.4 cm³/mol. The Labute approximate surface area is 141 Å². The SMILES string of the molecule is CC1CC(N)C1.CC1CC(NC(=O)OC(C)(C)C)C1.Cl.Cl. The highest BCUT2D eigenvalue weighted by Crippen LogP contribution is 2.26. The Morgan fingerprint density at radius 1 is 1.05 bits per heavy atom. The van der Waals surface area contributed by atoms with Crippen molar-refractivity contribution < 1.29 is 9.53 Å². The molecule has 0 aromatic heterocycles. The van der Waals surface area contributed by atoms with Crippen LogP contribution in [0, 0.1) is 11.8 Å². The second-order valence-electron chi connectivity index (χ2n) is 7.26. The molecule has 0 aliphatic heterocycles. The van der Waals surface area contributed by atoms with Gasteiger partial charge in [0.05, 0.1) is 0 Å². The maximum atomic E-state index is 11.2. The molecule has 128 valence electrons. The molecule has 6 heteroatoms. The van der Waals surface area contributed by atoms with Crippen molar-refractivity contribution in [3.8, 4) is 0 Å². The van der Waals surface area contributed by atoms with Crippen molar-refractivity contribution >= 4 is 30.9 Å². The Morgan fingerprint density at radius 2 is 1.48 bits per heavy atom.